The van der Waals surface area contributed by atoms with E-state index in [4.69, 9.17) is 14.6 Å². The number of benzene rings is 2. The lowest BCUT2D eigenvalue weighted by atomic mass is 10.1. The standard InChI is InChI=1S/C23H28N4O2.C2HF3O2/c1-16(26-9-10-27-17(2)24-13-21(27)15-26)23(28)25(3)14-18-5-6-20-12-22(29-4)8-7-19(20)11-18;3-2(4,5)1(6)7/h5-8,11-13,16H,9-10,14-15H2,1-4H3;(H,6,7). The van der Waals surface area contributed by atoms with Crippen LogP contribution in [0.5, 0.6) is 5.75 Å². The maximum absolute atomic E-state index is 13.1. The number of hydrogen-bond donors (Lipinski definition) is 1. The molecule has 4 rings (SSSR count). The zero-order chi connectivity index (χ0) is 26.6. The summed E-state index contributed by atoms with van der Waals surface area (Å²) in [6.45, 7) is 7.14. The molecular weight excluding hydrogens is 477 g/mol. The molecule has 0 fully saturated rings. The third kappa shape index (κ3) is 6.34. The zero-order valence-corrected chi connectivity index (χ0v) is 20.5. The summed E-state index contributed by atoms with van der Waals surface area (Å²) in [5.74, 6) is -0.717. The number of aliphatic carboxylic acids is 1. The van der Waals surface area contributed by atoms with Gasteiger partial charge in [-0.3, -0.25) is 9.69 Å². The number of alkyl halides is 3. The molecule has 8 nitrogen and oxygen atoms in total. The second-order valence-electron chi connectivity index (χ2n) is 8.64. The van der Waals surface area contributed by atoms with Crippen molar-refractivity contribution >= 4 is 22.6 Å². The predicted molar refractivity (Wildman–Crippen MR) is 128 cm³/mol. The lowest BCUT2D eigenvalue weighted by molar-refractivity contribution is -0.192. The van der Waals surface area contributed by atoms with Gasteiger partial charge >= 0.3 is 12.1 Å². The Hall–Kier alpha value is -3.60. The van der Waals surface area contributed by atoms with Gasteiger partial charge in [-0.15, -0.1) is 0 Å². The van der Waals surface area contributed by atoms with Gasteiger partial charge < -0.3 is 19.3 Å². The number of carboxylic acid groups (broad SMARTS) is 1. The van der Waals surface area contributed by atoms with E-state index in [1.54, 1.807) is 7.11 Å². The van der Waals surface area contributed by atoms with Crippen LogP contribution in [0.15, 0.2) is 42.6 Å². The molecule has 0 spiro atoms. The lowest BCUT2D eigenvalue weighted by Crippen LogP contribution is -2.48. The van der Waals surface area contributed by atoms with Gasteiger partial charge in [0.05, 0.1) is 18.8 Å². The minimum atomic E-state index is -5.08. The fraction of sp³-hybridized carbons (Fsp3) is 0.400. The van der Waals surface area contributed by atoms with E-state index in [-0.39, 0.29) is 11.9 Å². The highest BCUT2D eigenvalue weighted by atomic mass is 19.4. The monoisotopic (exact) mass is 506 g/mol. The van der Waals surface area contributed by atoms with Crippen molar-refractivity contribution in [3.63, 3.8) is 0 Å². The second-order valence-corrected chi connectivity index (χ2v) is 8.64. The lowest BCUT2D eigenvalue weighted by Gasteiger charge is -2.34. The number of nitrogens with zero attached hydrogens (tertiary/aromatic N) is 4. The normalized spacial score (nSPS) is 14.4. The molecule has 1 aliphatic heterocycles. The number of fused-ring (bicyclic) bond motifs is 2. The number of ether oxygens (including phenoxy) is 1. The molecule has 1 unspecified atom stereocenters. The minimum Gasteiger partial charge on any atom is -0.497 e. The van der Waals surface area contributed by atoms with Crippen LogP contribution in [-0.4, -0.2) is 69.3 Å². The van der Waals surface area contributed by atoms with E-state index in [2.05, 4.69) is 38.7 Å². The van der Waals surface area contributed by atoms with E-state index < -0.39 is 12.1 Å². The largest absolute Gasteiger partial charge is 0.497 e. The first-order valence-corrected chi connectivity index (χ1v) is 11.3. The summed E-state index contributed by atoms with van der Waals surface area (Å²) >= 11 is 0. The number of carboxylic acids is 1. The van der Waals surface area contributed by atoms with Crippen LogP contribution in [0.25, 0.3) is 10.8 Å². The topological polar surface area (TPSA) is 87.9 Å². The molecule has 1 aliphatic rings. The highest BCUT2D eigenvalue weighted by molar-refractivity contribution is 5.85. The SMILES string of the molecule is COc1ccc2cc(CN(C)C(=O)C(C)N3CCn4c(cnc4C)C3)ccc2c1.O=C(O)C(F)(F)F. The number of carbonyl (C=O) groups is 2. The fourth-order valence-corrected chi connectivity index (χ4v) is 4.12. The van der Waals surface area contributed by atoms with Crippen LogP contribution in [0.1, 0.15) is 24.0 Å². The zero-order valence-electron chi connectivity index (χ0n) is 20.5. The summed E-state index contributed by atoms with van der Waals surface area (Å²) in [6, 6.07) is 12.2. The number of aryl methyl sites for hydroxylation is 1. The Labute approximate surface area is 206 Å². The first-order valence-electron chi connectivity index (χ1n) is 11.3. The molecule has 0 saturated heterocycles. The number of likely N-dealkylation sites (N-methyl/N-ethyl adjacent to an activating group) is 1. The van der Waals surface area contributed by atoms with Crippen LogP contribution >= 0.6 is 0 Å². The number of carbonyl (C=O) groups excluding carboxylic acids is 1. The van der Waals surface area contributed by atoms with E-state index in [9.17, 15) is 18.0 Å². The third-order valence-electron chi connectivity index (χ3n) is 6.17. The first kappa shape index (κ1) is 27.0. The van der Waals surface area contributed by atoms with E-state index >= 15 is 0 Å². The van der Waals surface area contributed by atoms with Gasteiger partial charge in [-0.25, -0.2) is 9.78 Å². The number of imidazole rings is 1. The Morgan fingerprint density at radius 2 is 1.81 bits per heavy atom. The molecule has 1 aromatic heterocycles. The van der Waals surface area contributed by atoms with Crippen molar-refractivity contribution in [3.05, 3.63) is 59.7 Å². The van der Waals surface area contributed by atoms with Crippen molar-refractivity contribution in [1.29, 1.82) is 0 Å². The maximum atomic E-state index is 13.1. The van der Waals surface area contributed by atoms with Gasteiger partial charge in [0.25, 0.3) is 0 Å². The van der Waals surface area contributed by atoms with Crippen LogP contribution in [0.4, 0.5) is 13.2 Å². The Balaban J connectivity index is 0.000000454. The molecule has 1 amide bonds. The number of amides is 1. The fourth-order valence-electron chi connectivity index (χ4n) is 4.12. The molecular formula is C25H29F3N4O4. The summed E-state index contributed by atoms with van der Waals surface area (Å²) in [5, 5.41) is 9.41. The molecule has 3 aromatic rings. The van der Waals surface area contributed by atoms with Crippen molar-refractivity contribution in [2.45, 2.75) is 45.7 Å². The molecule has 0 aliphatic carbocycles. The van der Waals surface area contributed by atoms with Gasteiger partial charge in [-0.05, 0) is 48.4 Å². The average Bonchev–Trinajstić information content (AvgIpc) is 3.22. The highest BCUT2D eigenvalue weighted by Gasteiger charge is 2.38. The molecule has 1 atom stereocenters. The molecule has 0 saturated carbocycles. The smallest absolute Gasteiger partial charge is 0.490 e. The molecule has 36 heavy (non-hydrogen) atoms. The third-order valence-corrected chi connectivity index (χ3v) is 6.17. The average molecular weight is 507 g/mol. The number of halogens is 3. The van der Waals surface area contributed by atoms with E-state index in [0.717, 1.165) is 47.5 Å². The van der Waals surface area contributed by atoms with Crippen LogP contribution in [0, 0.1) is 6.92 Å². The summed E-state index contributed by atoms with van der Waals surface area (Å²) in [7, 11) is 3.56. The number of rotatable bonds is 5. The van der Waals surface area contributed by atoms with Gasteiger partial charge in [0.2, 0.25) is 5.91 Å². The van der Waals surface area contributed by atoms with Crippen molar-refractivity contribution in [3.8, 4) is 5.75 Å². The Bertz CT molecular complexity index is 1240. The summed E-state index contributed by atoms with van der Waals surface area (Å²) in [4.78, 5) is 30.4. The van der Waals surface area contributed by atoms with E-state index in [1.165, 1.54) is 5.69 Å². The minimum absolute atomic E-state index is 0.143. The van der Waals surface area contributed by atoms with Gasteiger partial charge in [0.1, 0.15) is 11.6 Å². The Kier molecular flexibility index (Phi) is 8.24. The van der Waals surface area contributed by atoms with E-state index in [1.807, 2.05) is 44.1 Å². The molecule has 2 aromatic carbocycles. The van der Waals surface area contributed by atoms with Crippen LogP contribution in [0.3, 0.4) is 0 Å². The summed E-state index contributed by atoms with van der Waals surface area (Å²) in [6.07, 6.45) is -3.16. The molecule has 0 bridgehead atoms. The molecule has 2 heterocycles. The van der Waals surface area contributed by atoms with Crippen LogP contribution < -0.4 is 4.74 Å². The van der Waals surface area contributed by atoms with Crippen molar-refractivity contribution in [1.82, 2.24) is 19.4 Å². The summed E-state index contributed by atoms with van der Waals surface area (Å²) < 4.78 is 39.3. The molecule has 194 valence electrons. The van der Waals surface area contributed by atoms with Gasteiger partial charge in [-0.2, -0.15) is 13.2 Å². The second kappa shape index (κ2) is 11.0. The number of aromatic nitrogens is 2. The van der Waals surface area contributed by atoms with Crippen LogP contribution in [-0.2, 0) is 29.2 Å². The highest BCUT2D eigenvalue weighted by Crippen LogP contribution is 2.23. The van der Waals surface area contributed by atoms with Crippen molar-refractivity contribution in [2.24, 2.45) is 0 Å². The summed E-state index contributed by atoms with van der Waals surface area (Å²) in [5.41, 5.74) is 2.30. The van der Waals surface area contributed by atoms with Crippen molar-refractivity contribution in [2.75, 3.05) is 20.7 Å². The Morgan fingerprint density at radius 3 is 2.44 bits per heavy atom. The van der Waals surface area contributed by atoms with Crippen LogP contribution in [0.2, 0.25) is 0 Å². The molecule has 1 N–H and O–H groups in total. The Morgan fingerprint density at radius 1 is 1.17 bits per heavy atom. The van der Waals surface area contributed by atoms with Gasteiger partial charge in [0.15, 0.2) is 0 Å². The van der Waals surface area contributed by atoms with Gasteiger partial charge in [0, 0.05) is 39.4 Å². The maximum Gasteiger partial charge on any atom is 0.490 e. The quantitative estimate of drug-likeness (QED) is 0.566. The number of hydrogen-bond acceptors (Lipinski definition) is 5. The van der Waals surface area contributed by atoms with Crippen molar-refractivity contribution < 1.29 is 32.6 Å². The molecule has 11 heteroatoms. The van der Waals surface area contributed by atoms with Gasteiger partial charge in [-0.1, -0.05) is 18.2 Å². The molecule has 0 radical (unpaired) electrons. The first-order chi connectivity index (χ1) is 16.9. The number of methoxy groups -OCH3 is 1. The van der Waals surface area contributed by atoms with E-state index in [0.29, 0.717) is 6.54 Å². The predicted octanol–water partition coefficient (Wildman–Crippen LogP) is 3.85.